The van der Waals surface area contributed by atoms with E-state index in [2.05, 4.69) is 46.7 Å². The first kappa shape index (κ1) is 13.0. The van der Waals surface area contributed by atoms with Gasteiger partial charge in [0.05, 0.1) is 5.69 Å². The van der Waals surface area contributed by atoms with Crippen LogP contribution in [0.15, 0.2) is 34.8 Å². The molecule has 0 radical (unpaired) electrons. The van der Waals surface area contributed by atoms with Crippen LogP contribution in [-0.2, 0) is 5.41 Å². The first-order valence-electron chi connectivity index (χ1n) is 5.77. The van der Waals surface area contributed by atoms with Crippen molar-refractivity contribution in [2.75, 3.05) is 5.73 Å². The second-order valence-corrected chi connectivity index (χ2v) is 6.18. The van der Waals surface area contributed by atoms with Gasteiger partial charge in [-0.1, -0.05) is 48.8 Å². The van der Waals surface area contributed by atoms with Crippen molar-refractivity contribution >= 4 is 21.7 Å². The molecule has 0 saturated carbocycles. The third-order valence-electron chi connectivity index (χ3n) is 2.54. The third kappa shape index (κ3) is 2.88. The summed E-state index contributed by atoms with van der Waals surface area (Å²) in [6, 6.07) is 9.80. The monoisotopic (exact) mass is 305 g/mol. The summed E-state index contributed by atoms with van der Waals surface area (Å²) in [5.74, 6) is 1.27. The minimum absolute atomic E-state index is 0.115. The molecule has 2 rings (SSSR count). The van der Waals surface area contributed by atoms with E-state index in [4.69, 9.17) is 5.73 Å². The predicted molar refractivity (Wildman–Crippen MR) is 78.3 cm³/mol. The Morgan fingerprint density at radius 1 is 1.11 bits per heavy atom. The van der Waals surface area contributed by atoms with Crippen molar-refractivity contribution < 1.29 is 0 Å². The van der Waals surface area contributed by atoms with Crippen LogP contribution in [-0.4, -0.2) is 9.97 Å². The number of hydrogen-bond donors (Lipinski definition) is 1. The fourth-order valence-corrected chi connectivity index (χ4v) is 2.00. The van der Waals surface area contributed by atoms with Crippen molar-refractivity contribution in [2.24, 2.45) is 0 Å². The molecule has 0 unspecified atom stereocenters. The minimum atomic E-state index is -0.115. The summed E-state index contributed by atoms with van der Waals surface area (Å²) in [5.41, 5.74) is 7.64. The largest absolute Gasteiger partial charge is 0.384 e. The van der Waals surface area contributed by atoms with Crippen LogP contribution in [0.4, 0.5) is 5.82 Å². The average molecular weight is 306 g/mol. The molecule has 1 aromatic heterocycles. The first-order valence-corrected chi connectivity index (χ1v) is 6.56. The van der Waals surface area contributed by atoms with E-state index in [0.29, 0.717) is 5.82 Å². The molecule has 4 heteroatoms. The van der Waals surface area contributed by atoms with Crippen molar-refractivity contribution in [1.29, 1.82) is 0 Å². The van der Waals surface area contributed by atoms with Crippen LogP contribution >= 0.6 is 15.9 Å². The van der Waals surface area contributed by atoms with Crippen molar-refractivity contribution in [3.63, 3.8) is 0 Å². The highest BCUT2D eigenvalue weighted by Gasteiger charge is 2.19. The van der Waals surface area contributed by atoms with Gasteiger partial charge in [-0.2, -0.15) is 0 Å². The Labute approximate surface area is 116 Å². The Morgan fingerprint density at radius 2 is 1.83 bits per heavy atom. The normalized spacial score (nSPS) is 11.6. The van der Waals surface area contributed by atoms with E-state index in [0.717, 1.165) is 21.6 Å². The van der Waals surface area contributed by atoms with Gasteiger partial charge >= 0.3 is 0 Å². The molecule has 0 fully saturated rings. The standard InChI is InChI=1S/C14H16BrN3/c1-14(2,3)13-17-11(8-12(16)18-13)9-5-4-6-10(15)7-9/h4-8H,1-3H3,(H2,16,17,18). The number of anilines is 1. The predicted octanol–water partition coefficient (Wildman–Crippen LogP) is 3.79. The highest BCUT2D eigenvalue weighted by molar-refractivity contribution is 9.10. The lowest BCUT2D eigenvalue weighted by atomic mass is 9.95. The fraction of sp³-hybridized carbons (Fsp3) is 0.286. The zero-order valence-corrected chi connectivity index (χ0v) is 12.3. The lowest BCUT2D eigenvalue weighted by molar-refractivity contribution is 0.547. The van der Waals surface area contributed by atoms with Crippen LogP contribution < -0.4 is 5.73 Å². The van der Waals surface area contributed by atoms with Crippen LogP contribution in [0.1, 0.15) is 26.6 Å². The van der Waals surface area contributed by atoms with E-state index < -0.39 is 0 Å². The maximum Gasteiger partial charge on any atom is 0.136 e. The molecule has 94 valence electrons. The maximum absolute atomic E-state index is 5.87. The summed E-state index contributed by atoms with van der Waals surface area (Å²) in [6.45, 7) is 6.23. The summed E-state index contributed by atoms with van der Waals surface area (Å²) in [6.07, 6.45) is 0. The van der Waals surface area contributed by atoms with Gasteiger partial charge in [-0.3, -0.25) is 0 Å². The SMILES string of the molecule is CC(C)(C)c1nc(N)cc(-c2cccc(Br)c2)n1. The molecule has 0 aliphatic heterocycles. The molecular weight excluding hydrogens is 290 g/mol. The summed E-state index contributed by atoms with van der Waals surface area (Å²) < 4.78 is 1.02. The molecule has 0 spiro atoms. The smallest absolute Gasteiger partial charge is 0.136 e. The van der Waals surface area contributed by atoms with Crippen LogP contribution in [0.2, 0.25) is 0 Å². The molecular formula is C14H16BrN3. The van der Waals surface area contributed by atoms with Gasteiger partial charge < -0.3 is 5.73 Å². The number of nitrogens with zero attached hydrogens (tertiary/aromatic N) is 2. The molecule has 18 heavy (non-hydrogen) atoms. The van der Waals surface area contributed by atoms with E-state index in [1.807, 2.05) is 24.3 Å². The minimum Gasteiger partial charge on any atom is -0.384 e. The highest BCUT2D eigenvalue weighted by Crippen LogP contribution is 2.26. The Hall–Kier alpha value is -1.42. The zero-order valence-electron chi connectivity index (χ0n) is 10.7. The maximum atomic E-state index is 5.87. The molecule has 1 aromatic carbocycles. The summed E-state index contributed by atoms with van der Waals surface area (Å²) in [7, 11) is 0. The first-order chi connectivity index (χ1) is 8.36. The molecule has 0 saturated heterocycles. The second kappa shape index (κ2) is 4.69. The number of nitrogen functional groups attached to an aromatic ring is 1. The average Bonchev–Trinajstić information content (AvgIpc) is 2.27. The molecule has 0 aliphatic rings. The molecule has 2 aromatic rings. The van der Waals surface area contributed by atoms with Gasteiger partial charge in [0.25, 0.3) is 0 Å². The number of nitrogens with two attached hydrogens (primary N) is 1. The number of aromatic nitrogens is 2. The lowest BCUT2D eigenvalue weighted by Gasteiger charge is -2.17. The van der Waals surface area contributed by atoms with Gasteiger partial charge in [-0.25, -0.2) is 9.97 Å². The molecule has 0 atom stereocenters. The van der Waals surface area contributed by atoms with Crippen molar-refractivity contribution in [3.8, 4) is 11.3 Å². The number of rotatable bonds is 1. The molecule has 1 heterocycles. The topological polar surface area (TPSA) is 51.8 Å². The van der Waals surface area contributed by atoms with E-state index in [-0.39, 0.29) is 5.41 Å². The van der Waals surface area contributed by atoms with Gasteiger partial charge in [0.15, 0.2) is 0 Å². The van der Waals surface area contributed by atoms with Crippen LogP contribution in [0, 0.1) is 0 Å². The quantitative estimate of drug-likeness (QED) is 0.872. The second-order valence-electron chi connectivity index (χ2n) is 5.26. The Bertz CT molecular complexity index is 573. The Balaban J connectivity index is 2.55. The molecule has 0 aliphatic carbocycles. The van der Waals surface area contributed by atoms with E-state index >= 15 is 0 Å². The Kier molecular flexibility index (Phi) is 3.39. The van der Waals surface area contributed by atoms with E-state index in [1.165, 1.54) is 0 Å². The molecule has 0 bridgehead atoms. The molecule has 2 N–H and O–H groups in total. The van der Waals surface area contributed by atoms with Gasteiger partial charge in [-0.15, -0.1) is 0 Å². The Morgan fingerprint density at radius 3 is 2.44 bits per heavy atom. The van der Waals surface area contributed by atoms with Crippen LogP contribution in [0.3, 0.4) is 0 Å². The highest BCUT2D eigenvalue weighted by atomic mass is 79.9. The summed E-state index contributed by atoms with van der Waals surface area (Å²) in [4.78, 5) is 8.91. The fourth-order valence-electron chi connectivity index (χ4n) is 1.60. The lowest BCUT2D eigenvalue weighted by Crippen LogP contribution is -2.17. The molecule has 3 nitrogen and oxygen atoms in total. The van der Waals surface area contributed by atoms with Gasteiger partial charge in [0.2, 0.25) is 0 Å². The van der Waals surface area contributed by atoms with Crippen LogP contribution in [0.25, 0.3) is 11.3 Å². The molecule has 0 amide bonds. The van der Waals surface area contributed by atoms with Crippen molar-refractivity contribution in [1.82, 2.24) is 9.97 Å². The van der Waals surface area contributed by atoms with Crippen molar-refractivity contribution in [3.05, 3.63) is 40.6 Å². The zero-order chi connectivity index (χ0) is 13.3. The van der Waals surface area contributed by atoms with E-state index in [1.54, 1.807) is 6.07 Å². The third-order valence-corrected chi connectivity index (χ3v) is 3.03. The van der Waals surface area contributed by atoms with Crippen LogP contribution in [0.5, 0.6) is 0 Å². The van der Waals surface area contributed by atoms with Gasteiger partial charge in [-0.05, 0) is 12.1 Å². The summed E-state index contributed by atoms with van der Waals surface area (Å²) in [5, 5.41) is 0. The number of halogens is 1. The van der Waals surface area contributed by atoms with Gasteiger partial charge in [0.1, 0.15) is 11.6 Å². The number of benzene rings is 1. The van der Waals surface area contributed by atoms with Gasteiger partial charge in [0, 0.05) is 21.5 Å². The van der Waals surface area contributed by atoms with E-state index in [9.17, 15) is 0 Å². The number of hydrogen-bond acceptors (Lipinski definition) is 3. The van der Waals surface area contributed by atoms with Crippen molar-refractivity contribution in [2.45, 2.75) is 26.2 Å². The summed E-state index contributed by atoms with van der Waals surface area (Å²) >= 11 is 3.46.